The monoisotopic (exact) mass is 322 g/mol. The highest BCUT2D eigenvalue weighted by molar-refractivity contribution is 5.50. The third-order valence-corrected chi connectivity index (χ3v) is 5.50. The van der Waals surface area contributed by atoms with Gasteiger partial charge in [0.1, 0.15) is 18.0 Å². The minimum atomic E-state index is 0.294. The summed E-state index contributed by atoms with van der Waals surface area (Å²) in [5.41, 5.74) is 2.11. The molecule has 1 saturated heterocycles. The first-order chi connectivity index (χ1) is 11.6. The van der Waals surface area contributed by atoms with E-state index in [1.165, 1.54) is 24.8 Å². The van der Waals surface area contributed by atoms with Crippen LogP contribution in [0, 0.1) is 5.41 Å². The molecule has 2 aromatic rings. The molecule has 2 aliphatic rings. The molecule has 4 nitrogen and oxygen atoms in total. The molecular formula is C20H26N4. The molecule has 0 amide bonds. The van der Waals surface area contributed by atoms with Crippen LogP contribution in [-0.4, -0.2) is 29.6 Å². The van der Waals surface area contributed by atoms with E-state index >= 15 is 0 Å². The molecule has 1 aromatic carbocycles. The zero-order valence-electron chi connectivity index (χ0n) is 14.6. The lowest BCUT2D eigenvalue weighted by molar-refractivity contribution is 0.418. The van der Waals surface area contributed by atoms with Gasteiger partial charge in [-0.25, -0.2) is 9.97 Å². The molecule has 2 fully saturated rings. The molecule has 1 aromatic heterocycles. The molecule has 0 spiro atoms. The number of aromatic nitrogens is 2. The van der Waals surface area contributed by atoms with E-state index in [9.17, 15) is 0 Å². The van der Waals surface area contributed by atoms with Crippen molar-refractivity contribution in [3.05, 3.63) is 48.3 Å². The molecule has 0 unspecified atom stereocenters. The van der Waals surface area contributed by atoms with Gasteiger partial charge in [-0.15, -0.1) is 0 Å². The maximum atomic E-state index is 4.48. The minimum Gasteiger partial charge on any atom is -0.369 e. The second-order valence-electron chi connectivity index (χ2n) is 8.10. The lowest BCUT2D eigenvalue weighted by Gasteiger charge is -2.21. The van der Waals surface area contributed by atoms with Gasteiger partial charge in [0.25, 0.3) is 0 Å². The normalized spacial score (nSPS) is 20.8. The van der Waals surface area contributed by atoms with E-state index in [2.05, 4.69) is 70.4 Å². The Kier molecular flexibility index (Phi) is 3.70. The van der Waals surface area contributed by atoms with E-state index < -0.39 is 0 Å². The maximum absolute atomic E-state index is 4.48. The summed E-state index contributed by atoms with van der Waals surface area (Å²) >= 11 is 0. The van der Waals surface area contributed by atoms with Crippen LogP contribution in [0.4, 0.5) is 11.6 Å². The van der Waals surface area contributed by atoms with Crippen LogP contribution >= 0.6 is 0 Å². The Morgan fingerprint density at radius 1 is 1.08 bits per heavy atom. The molecule has 1 aliphatic carbocycles. The van der Waals surface area contributed by atoms with Gasteiger partial charge in [-0.1, -0.05) is 44.2 Å². The van der Waals surface area contributed by atoms with Crippen LogP contribution in [0.25, 0.3) is 0 Å². The summed E-state index contributed by atoms with van der Waals surface area (Å²) < 4.78 is 0. The topological polar surface area (TPSA) is 41.0 Å². The first kappa shape index (κ1) is 15.4. The maximum Gasteiger partial charge on any atom is 0.134 e. The Labute approximate surface area is 144 Å². The Balaban J connectivity index is 1.44. The van der Waals surface area contributed by atoms with Crippen molar-refractivity contribution in [3.63, 3.8) is 0 Å². The molecular weight excluding hydrogens is 296 g/mol. The fourth-order valence-electron chi connectivity index (χ4n) is 3.69. The molecule has 1 aliphatic heterocycles. The molecule has 0 atom stereocenters. The van der Waals surface area contributed by atoms with Crippen LogP contribution in [0.1, 0.15) is 38.7 Å². The number of hydrogen-bond acceptors (Lipinski definition) is 4. The summed E-state index contributed by atoms with van der Waals surface area (Å²) in [4.78, 5) is 11.3. The van der Waals surface area contributed by atoms with Gasteiger partial charge < -0.3 is 10.2 Å². The van der Waals surface area contributed by atoms with Gasteiger partial charge in [-0.05, 0) is 30.2 Å². The summed E-state index contributed by atoms with van der Waals surface area (Å²) in [5.74, 6) is 1.98. The third kappa shape index (κ3) is 3.10. The zero-order valence-corrected chi connectivity index (χ0v) is 14.6. The molecule has 4 rings (SSSR count). The van der Waals surface area contributed by atoms with Crippen molar-refractivity contribution in [3.8, 4) is 0 Å². The summed E-state index contributed by atoms with van der Waals surface area (Å²) in [6.07, 6.45) is 5.41. The van der Waals surface area contributed by atoms with Crippen LogP contribution in [-0.2, 0) is 5.41 Å². The molecule has 2 heterocycles. The van der Waals surface area contributed by atoms with E-state index in [-0.39, 0.29) is 0 Å². The van der Waals surface area contributed by atoms with Crippen LogP contribution in [0.5, 0.6) is 0 Å². The highest BCUT2D eigenvalue weighted by Crippen LogP contribution is 2.48. The average molecular weight is 322 g/mol. The van der Waals surface area contributed by atoms with E-state index in [4.69, 9.17) is 0 Å². The number of hydrogen-bond donors (Lipinski definition) is 1. The quantitative estimate of drug-likeness (QED) is 0.907. The summed E-state index contributed by atoms with van der Waals surface area (Å²) in [6, 6.07) is 12.9. The highest BCUT2D eigenvalue weighted by atomic mass is 15.2. The Bertz CT molecular complexity index is 707. The standard InChI is InChI=1S/C20H26N4/c1-19(2)10-11-24(14-19)18-12-17(22-15-23-18)21-13-20(8-9-20)16-6-4-3-5-7-16/h3-7,12,15H,8-11,13-14H2,1-2H3,(H,21,22,23). The predicted octanol–water partition coefficient (Wildman–Crippen LogP) is 3.86. The van der Waals surface area contributed by atoms with Gasteiger partial charge in [0.2, 0.25) is 0 Å². The second-order valence-corrected chi connectivity index (χ2v) is 8.10. The first-order valence-electron chi connectivity index (χ1n) is 8.93. The van der Waals surface area contributed by atoms with Gasteiger partial charge >= 0.3 is 0 Å². The van der Waals surface area contributed by atoms with E-state index in [1.807, 2.05) is 0 Å². The van der Waals surface area contributed by atoms with Crippen molar-refractivity contribution in [2.75, 3.05) is 29.9 Å². The lowest BCUT2D eigenvalue weighted by atomic mass is 9.93. The van der Waals surface area contributed by atoms with Crippen molar-refractivity contribution in [1.82, 2.24) is 9.97 Å². The molecule has 126 valence electrons. The Hall–Kier alpha value is -2.10. The van der Waals surface area contributed by atoms with E-state index in [1.54, 1.807) is 6.33 Å². The zero-order chi connectivity index (χ0) is 16.6. The highest BCUT2D eigenvalue weighted by Gasteiger charge is 2.43. The molecule has 4 heteroatoms. The molecule has 0 radical (unpaired) electrons. The summed E-state index contributed by atoms with van der Waals surface area (Å²) in [5, 5.41) is 3.55. The van der Waals surface area contributed by atoms with Gasteiger partial charge in [-0.2, -0.15) is 0 Å². The fourth-order valence-corrected chi connectivity index (χ4v) is 3.69. The Morgan fingerprint density at radius 3 is 2.54 bits per heavy atom. The van der Waals surface area contributed by atoms with Gasteiger partial charge in [0.15, 0.2) is 0 Å². The smallest absolute Gasteiger partial charge is 0.134 e. The SMILES string of the molecule is CC1(C)CCN(c2cc(NCC3(c4ccccc4)CC3)ncn2)C1. The molecule has 0 bridgehead atoms. The summed E-state index contributed by atoms with van der Waals surface area (Å²) in [7, 11) is 0. The van der Waals surface area contributed by atoms with Gasteiger partial charge in [0.05, 0.1) is 0 Å². The minimum absolute atomic E-state index is 0.294. The van der Waals surface area contributed by atoms with Crippen LogP contribution in [0.2, 0.25) is 0 Å². The second kappa shape index (κ2) is 5.76. The van der Waals surface area contributed by atoms with Gasteiger partial charge in [0, 0.05) is 31.1 Å². The molecule has 1 saturated carbocycles. The van der Waals surface area contributed by atoms with Crippen molar-refractivity contribution in [1.29, 1.82) is 0 Å². The first-order valence-corrected chi connectivity index (χ1v) is 8.93. The number of benzene rings is 1. The fraction of sp³-hybridized carbons (Fsp3) is 0.500. The number of rotatable bonds is 5. The van der Waals surface area contributed by atoms with Crippen molar-refractivity contribution in [2.45, 2.75) is 38.5 Å². The number of nitrogens with one attached hydrogen (secondary N) is 1. The predicted molar refractivity (Wildman–Crippen MR) is 98.5 cm³/mol. The number of nitrogens with zero attached hydrogens (tertiary/aromatic N) is 3. The Morgan fingerprint density at radius 2 is 1.88 bits per heavy atom. The van der Waals surface area contributed by atoms with Crippen molar-refractivity contribution in [2.24, 2.45) is 5.41 Å². The summed E-state index contributed by atoms with van der Waals surface area (Å²) in [6.45, 7) is 7.74. The van der Waals surface area contributed by atoms with E-state index in [0.717, 1.165) is 31.3 Å². The lowest BCUT2D eigenvalue weighted by Crippen LogP contribution is -2.24. The average Bonchev–Trinajstić information content (AvgIpc) is 3.31. The van der Waals surface area contributed by atoms with Crippen LogP contribution in [0.15, 0.2) is 42.7 Å². The van der Waals surface area contributed by atoms with Crippen molar-refractivity contribution >= 4 is 11.6 Å². The van der Waals surface area contributed by atoms with Crippen molar-refractivity contribution < 1.29 is 0 Å². The number of anilines is 2. The van der Waals surface area contributed by atoms with Gasteiger partial charge in [-0.3, -0.25) is 0 Å². The molecule has 24 heavy (non-hydrogen) atoms. The van der Waals surface area contributed by atoms with Crippen LogP contribution in [0.3, 0.4) is 0 Å². The largest absolute Gasteiger partial charge is 0.369 e. The molecule has 1 N–H and O–H groups in total. The van der Waals surface area contributed by atoms with Crippen LogP contribution < -0.4 is 10.2 Å². The third-order valence-electron chi connectivity index (χ3n) is 5.50. The van der Waals surface area contributed by atoms with E-state index in [0.29, 0.717) is 10.8 Å².